The number of fused-ring (bicyclic) bond motifs is 2. The molecule has 2 N–H and O–H groups in total. The zero-order valence-electron chi connectivity index (χ0n) is 16.5. The number of aromatic nitrogens is 2. The van der Waals surface area contributed by atoms with Crippen LogP contribution >= 0.6 is 11.6 Å². The van der Waals surface area contributed by atoms with Crippen molar-refractivity contribution >= 4 is 39.6 Å². The van der Waals surface area contributed by atoms with Gasteiger partial charge in [0.2, 0.25) is 5.95 Å². The van der Waals surface area contributed by atoms with E-state index in [0.717, 1.165) is 44.1 Å². The quantitative estimate of drug-likeness (QED) is 0.347. The van der Waals surface area contributed by atoms with Crippen LogP contribution < -0.4 is 10.8 Å². The number of nitrogens with one attached hydrogen (secondary N) is 2. The Balaban J connectivity index is 1.68. The van der Waals surface area contributed by atoms with Crippen LogP contribution in [0.1, 0.15) is 11.1 Å². The first-order valence-corrected chi connectivity index (χ1v) is 10.0. The molecular weight excluding hydrogens is 396 g/mol. The Morgan fingerprint density at radius 1 is 1.00 bits per heavy atom. The molecule has 3 aromatic carbocycles. The lowest BCUT2D eigenvalue weighted by molar-refractivity contribution is 0.617. The van der Waals surface area contributed by atoms with E-state index in [4.69, 9.17) is 16.0 Å². The lowest BCUT2D eigenvalue weighted by Gasteiger charge is -2.08. The molecule has 30 heavy (non-hydrogen) atoms. The molecule has 0 aliphatic rings. The van der Waals surface area contributed by atoms with Crippen LogP contribution in [0.3, 0.4) is 0 Å². The smallest absolute Gasteiger partial charge is 0.222 e. The predicted octanol–water partition coefficient (Wildman–Crippen LogP) is 6.17. The van der Waals surface area contributed by atoms with Gasteiger partial charge in [0.05, 0.1) is 16.4 Å². The number of rotatable bonds is 3. The van der Waals surface area contributed by atoms with Gasteiger partial charge in [0.25, 0.3) is 0 Å². The summed E-state index contributed by atoms with van der Waals surface area (Å²) in [6.07, 6.45) is 0. The Kier molecular flexibility index (Phi) is 4.52. The van der Waals surface area contributed by atoms with Crippen LogP contribution in [-0.4, -0.2) is 9.97 Å². The number of anilines is 1. The lowest BCUT2D eigenvalue weighted by Crippen LogP contribution is -2.09. The summed E-state index contributed by atoms with van der Waals surface area (Å²) >= 11 is 6.05. The van der Waals surface area contributed by atoms with E-state index < -0.39 is 0 Å². The Labute approximate surface area is 178 Å². The van der Waals surface area contributed by atoms with Crippen LogP contribution in [0.5, 0.6) is 0 Å². The zero-order valence-corrected chi connectivity index (χ0v) is 17.3. The van der Waals surface area contributed by atoms with Gasteiger partial charge >= 0.3 is 0 Å². The maximum Gasteiger partial charge on any atom is 0.222 e. The molecule has 2 heterocycles. The highest BCUT2D eigenvalue weighted by atomic mass is 35.5. The van der Waals surface area contributed by atoms with Crippen molar-refractivity contribution in [3.63, 3.8) is 0 Å². The SMILES string of the molecule is Cc1cc(C)c2/c(=N/Nc3nc4ccccc4[nH]3)cc(-c3ccc(Cl)cc3)oc2c1. The highest BCUT2D eigenvalue weighted by Gasteiger charge is 2.10. The molecule has 0 atom stereocenters. The van der Waals surface area contributed by atoms with Crippen LogP contribution in [0.4, 0.5) is 5.95 Å². The van der Waals surface area contributed by atoms with Crippen LogP contribution in [0.25, 0.3) is 33.3 Å². The minimum atomic E-state index is 0.586. The maximum absolute atomic E-state index is 6.24. The van der Waals surface area contributed by atoms with Crippen LogP contribution in [0.2, 0.25) is 5.02 Å². The summed E-state index contributed by atoms with van der Waals surface area (Å²) in [7, 11) is 0. The van der Waals surface area contributed by atoms with E-state index in [1.54, 1.807) is 0 Å². The lowest BCUT2D eigenvalue weighted by atomic mass is 10.1. The molecule has 0 amide bonds. The third-order valence-corrected chi connectivity index (χ3v) is 5.24. The van der Waals surface area contributed by atoms with Gasteiger partial charge in [-0.25, -0.2) is 10.4 Å². The third kappa shape index (κ3) is 3.44. The van der Waals surface area contributed by atoms with Crippen molar-refractivity contribution in [3.8, 4) is 11.3 Å². The van der Waals surface area contributed by atoms with Gasteiger partial charge in [0.15, 0.2) is 0 Å². The molecule has 5 rings (SSSR count). The Morgan fingerprint density at radius 3 is 2.60 bits per heavy atom. The second kappa shape index (κ2) is 7.35. The highest BCUT2D eigenvalue weighted by molar-refractivity contribution is 6.30. The number of H-pyrrole nitrogens is 1. The van der Waals surface area contributed by atoms with Gasteiger partial charge in [0.1, 0.15) is 11.3 Å². The number of para-hydroxylation sites is 2. The summed E-state index contributed by atoms with van der Waals surface area (Å²) in [6.45, 7) is 4.12. The first-order valence-electron chi connectivity index (χ1n) is 9.62. The molecule has 0 unspecified atom stereocenters. The molecule has 2 aromatic heterocycles. The van der Waals surface area contributed by atoms with Gasteiger partial charge in [-0.05, 0) is 67.4 Å². The standard InChI is InChI=1S/C24H19ClN4O/c1-14-11-15(2)23-20(28-29-24-26-18-5-3-4-6-19(18)27-24)13-21(30-22(23)12-14)16-7-9-17(25)10-8-16/h3-13H,1-2H3,(H2,26,27,29)/b28-20+. The minimum Gasteiger partial charge on any atom is -0.456 e. The predicted molar refractivity (Wildman–Crippen MR) is 121 cm³/mol. The Morgan fingerprint density at radius 2 is 1.80 bits per heavy atom. The Bertz CT molecular complexity index is 1420. The summed E-state index contributed by atoms with van der Waals surface area (Å²) < 4.78 is 6.24. The largest absolute Gasteiger partial charge is 0.456 e. The van der Waals surface area contributed by atoms with E-state index in [9.17, 15) is 0 Å². The molecule has 0 aliphatic carbocycles. The number of imidazole rings is 1. The van der Waals surface area contributed by atoms with Crippen molar-refractivity contribution in [3.05, 3.63) is 88.2 Å². The summed E-state index contributed by atoms with van der Waals surface area (Å²) in [4.78, 5) is 7.77. The maximum atomic E-state index is 6.24. The molecule has 0 radical (unpaired) electrons. The van der Waals surface area contributed by atoms with Gasteiger partial charge in [-0.2, -0.15) is 5.10 Å². The number of aromatic amines is 1. The van der Waals surface area contributed by atoms with E-state index in [1.807, 2.05) is 60.7 Å². The second-order valence-corrected chi connectivity index (χ2v) is 7.72. The van der Waals surface area contributed by atoms with Crippen molar-refractivity contribution in [1.82, 2.24) is 9.97 Å². The average Bonchev–Trinajstić information content (AvgIpc) is 3.15. The van der Waals surface area contributed by atoms with E-state index in [-0.39, 0.29) is 0 Å². The number of hydrogen-bond donors (Lipinski definition) is 2. The molecule has 5 nitrogen and oxygen atoms in total. The summed E-state index contributed by atoms with van der Waals surface area (Å²) in [5, 5.41) is 7.08. The van der Waals surface area contributed by atoms with Gasteiger partial charge in [-0.3, -0.25) is 0 Å². The van der Waals surface area contributed by atoms with E-state index in [1.165, 1.54) is 0 Å². The fourth-order valence-electron chi connectivity index (χ4n) is 3.65. The summed E-state index contributed by atoms with van der Waals surface area (Å²) in [6, 6.07) is 21.5. The Hall–Kier alpha value is -3.57. The molecule has 0 saturated heterocycles. The van der Waals surface area contributed by atoms with E-state index >= 15 is 0 Å². The normalized spacial score (nSPS) is 12.0. The van der Waals surface area contributed by atoms with E-state index in [2.05, 4.69) is 40.4 Å². The fraction of sp³-hybridized carbons (Fsp3) is 0.0833. The highest BCUT2D eigenvalue weighted by Crippen LogP contribution is 2.26. The van der Waals surface area contributed by atoms with E-state index in [0.29, 0.717) is 16.7 Å². The molecule has 148 valence electrons. The fourth-order valence-corrected chi connectivity index (χ4v) is 3.77. The zero-order chi connectivity index (χ0) is 20.7. The van der Waals surface area contributed by atoms with Crippen LogP contribution in [0, 0.1) is 13.8 Å². The number of halogens is 1. The van der Waals surface area contributed by atoms with Gasteiger partial charge in [-0.15, -0.1) is 0 Å². The van der Waals surface area contributed by atoms with Crippen molar-refractivity contribution in [2.75, 3.05) is 5.43 Å². The molecule has 0 aliphatic heterocycles. The minimum absolute atomic E-state index is 0.586. The molecular formula is C24H19ClN4O. The second-order valence-electron chi connectivity index (χ2n) is 7.28. The average molecular weight is 415 g/mol. The first-order chi connectivity index (χ1) is 14.6. The van der Waals surface area contributed by atoms with Gasteiger partial charge in [-0.1, -0.05) is 29.8 Å². The van der Waals surface area contributed by atoms with Crippen molar-refractivity contribution in [2.45, 2.75) is 13.8 Å². The van der Waals surface area contributed by atoms with Gasteiger partial charge in [0, 0.05) is 22.0 Å². The molecule has 0 bridgehead atoms. The first kappa shape index (κ1) is 18.5. The molecule has 0 spiro atoms. The van der Waals surface area contributed by atoms with Crippen LogP contribution in [-0.2, 0) is 0 Å². The number of hydrogen-bond acceptors (Lipinski definition) is 4. The third-order valence-electron chi connectivity index (χ3n) is 4.99. The number of aryl methyl sites for hydroxylation is 2. The number of nitrogens with zero attached hydrogens (tertiary/aromatic N) is 2. The van der Waals surface area contributed by atoms with Crippen LogP contribution in [0.15, 0.2) is 76.2 Å². The van der Waals surface area contributed by atoms with Crippen molar-refractivity contribution < 1.29 is 4.42 Å². The molecule has 0 saturated carbocycles. The topological polar surface area (TPSA) is 66.2 Å². The molecule has 5 aromatic rings. The molecule has 6 heteroatoms. The van der Waals surface area contributed by atoms with Crippen molar-refractivity contribution in [1.29, 1.82) is 0 Å². The van der Waals surface area contributed by atoms with Crippen molar-refractivity contribution in [2.24, 2.45) is 5.10 Å². The van der Waals surface area contributed by atoms with Gasteiger partial charge < -0.3 is 9.40 Å². The summed E-state index contributed by atoms with van der Waals surface area (Å²) in [5.41, 5.74) is 8.85. The monoisotopic (exact) mass is 414 g/mol. The summed E-state index contributed by atoms with van der Waals surface area (Å²) in [5.74, 6) is 1.30. The molecule has 0 fully saturated rings. The number of benzene rings is 3.